The van der Waals surface area contributed by atoms with Crippen LogP contribution in [0.2, 0.25) is 0 Å². The minimum Gasteiger partial charge on any atom is -0.339 e. The molecule has 0 unspecified atom stereocenters. The van der Waals surface area contributed by atoms with E-state index < -0.39 is 10.0 Å². The summed E-state index contributed by atoms with van der Waals surface area (Å²) >= 11 is 0. The van der Waals surface area contributed by atoms with Crippen LogP contribution in [0.1, 0.15) is 51.9 Å². The normalized spacial score (nSPS) is 21.7. The molecular weight excluding hydrogens is 374 g/mol. The molecule has 0 spiro atoms. The minimum atomic E-state index is -3.48. The molecular formula is C21H33N3O3S. The van der Waals surface area contributed by atoms with E-state index in [-0.39, 0.29) is 11.9 Å². The Labute approximate surface area is 169 Å². The van der Waals surface area contributed by atoms with Gasteiger partial charge < -0.3 is 10.2 Å². The number of sulfonamides is 1. The van der Waals surface area contributed by atoms with Crippen LogP contribution in [-0.4, -0.2) is 61.8 Å². The van der Waals surface area contributed by atoms with Gasteiger partial charge in [-0.05, 0) is 31.9 Å². The number of amides is 1. The highest BCUT2D eigenvalue weighted by atomic mass is 32.2. The Morgan fingerprint density at radius 1 is 0.964 bits per heavy atom. The van der Waals surface area contributed by atoms with E-state index in [1.165, 1.54) is 36.4 Å². The molecule has 3 rings (SSSR count). The van der Waals surface area contributed by atoms with Gasteiger partial charge in [0.25, 0.3) is 0 Å². The van der Waals surface area contributed by atoms with Crippen LogP contribution in [0.15, 0.2) is 35.2 Å². The van der Waals surface area contributed by atoms with Crippen molar-refractivity contribution in [2.24, 2.45) is 0 Å². The van der Waals surface area contributed by atoms with Crippen molar-refractivity contribution in [3.05, 3.63) is 30.3 Å². The van der Waals surface area contributed by atoms with E-state index in [0.29, 0.717) is 37.1 Å². The zero-order valence-corrected chi connectivity index (χ0v) is 17.7. The third kappa shape index (κ3) is 5.33. The molecule has 6 nitrogen and oxygen atoms in total. The number of piperazine rings is 1. The zero-order valence-electron chi connectivity index (χ0n) is 16.8. The summed E-state index contributed by atoms with van der Waals surface area (Å²) in [5, 5.41) is 3.53. The van der Waals surface area contributed by atoms with Crippen molar-refractivity contribution in [2.75, 3.05) is 26.2 Å². The first-order valence-electron chi connectivity index (χ1n) is 10.6. The van der Waals surface area contributed by atoms with E-state index in [2.05, 4.69) is 5.32 Å². The average molecular weight is 408 g/mol. The topological polar surface area (TPSA) is 69.7 Å². The minimum absolute atomic E-state index is 0.0822. The molecule has 1 aliphatic carbocycles. The van der Waals surface area contributed by atoms with Gasteiger partial charge in [0.1, 0.15) is 0 Å². The van der Waals surface area contributed by atoms with Gasteiger partial charge >= 0.3 is 0 Å². The first-order valence-corrected chi connectivity index (χ1v) is 12.0. The molecule has 0 bridgehead atoms. The third-order valence-corrected chi connectivity index (χ3v) is 7.81. The maximum atomic E-state index is 12.8. The Hall–Kier alpha value is -1.44. The molecule has 2 fully saturated rings. The monoisotopic (exact) mass is 407 g/mol. The highest BCUT2D eigenvalue weighted by molar-refractivity contribution is 7.89. The van der Waals surface area contributed by atoms with Crippen LogP contribution >= 0.6 is 0 Å². The standard InChI is InChI=1S/C21H33N3O3S/c1-18(22-19-10-6-3-2-4-7-11-19)21(25)23-14-16-24(17-15-23)28(26,27)20-12-8-5-9-13-20/h5,8-9,12-13,18-19,22H,2-4,6-7,10-11,14-17H2,1H3/t18-/m0/s1. The van der Waals surface area contributed by atoms with E-state index in [9.17, 15) is 13.2 Å². The Bertz CT molecular complexity index is 723. The molecule has 1 saturated heterocycles. The molecule has 2 aliphatic rings. The van der Waals surface area contributed by atoms with Crippen molar-refractivity contribution in [3.63, 3.8) is 0 Å². The molecule has 0 aromatic heterocycles. The summed E-state index contributed by atoms with van der Waals surface area (Å²) in [6, 6.07) is 8.70. The predicted molar refractivity (Wildman–Crippen MR) is 110 cm³/mol. The molecule has 1 atom stereocenters. The van der Waals surface area contributed by atoms with E-state index >= 15 is 0 Å². The maximum Gasteiger partial charge on any atom is 0.243 e. The number of carbonyl (C=O) groups is 1. The largest absolute Gasteiger partial charge is 0.339 e. The molecule has 1 aromatic carbocycles. The summed E-state index contributed by atoms with van der Waals surface area (Å²) in [5.74, 6) is 0.0822. The molecule has 28 heavy (non-hydrogen) atoms. The van der Waals surface area contributed by atoms with Gasteiger partial charge in [-0.3, -0.25) is 4.79 Å². The summed E-state index contributed by atoms with van der Waals surface area (Å²) in [6.07, 6.45) is 8.65. The van der Waals surface area contributed by atoms with E-state index in [1.807, 2.05) is 6.92 Å². The van der Waals surface area contributed by atoms with Crippen LogP contribution in [0.5, 0.6) is 0 Å². The van der Waals surface area contributed by atoms with Crippen molar-refractivity contribution in [3.8, 4) is 0 Å². The molecule has 156 valence electrons. The lowest BCUT2D eigenvalue weighted by Gasteiger charge is -2.36. The quantitative estimate of drug-likeness (QED) is 0.815. The van der Waals surface area contributed by atoms with Gasteiger partial charge in [-0.15, -0.1) is 0 Å². The number of benzene rings is 1. The van der Waals surface area contributed by atoms with Crippen LogP contribution in [0.3, 0.4) is 0 Å². The van der Waals surface area contributed by atoms with Crippen LogP contribution in [0.4, 0.5) is 0 Å². The van der Waals surface area contributed by atoms with E-state index in [4.69, 9.17) is 0 Å². The van der Waals surface area contributed by atoms with Gasteiger partial charge in [0.05, 0.1) is 10.9 Å². The van der Waals surface area contributed by atoms with Gasteiger partial charge in [-0.25, -0.2) is 8.42 Å². The van der Waals surface area contributed by atoms with Gasteiger partial charge in [0.2, 0.25) is 15.9 Å². The molecule has 0 radical (unpaired) electrons. The smallest absolute Gasteiger partial charge is 0.243 e. The molecule has 1 aromatic rings. The van der Waals surface area contributed by atoms with Gasteiger partial charge in [0, 0.05) is 32.2 Å². The molecule has 1 amide bonds. The summed E-state index contributed by atoms with van der Waals surface area (Å²) in [6.45, 7) is 3.52. The van der Waals surface area contributed by atoms with Crippen LogP contribution in [0, 0.1) is 0 Å². The third-order valence-electron chi connectivity index (χ3n) is 5.89. The fourth-order valence-electron chi connectivity index (χ4n) is 4.21. The summed E-state index contributed by atoms with van der Waals surface area (Å²) in [5.41, 5.74) is 0. The lowest BCUT2D eigenvalue weighted by atomic mass is 9.96. The predicted octanol–water partition coefficient (Wildman–Crippen LogP) is 2.61. The Kier molecular flexibility index (Phi) is 7.48. The SMILES string of the molecule is C[C@H](NC1CCCCCCC1)C(=O)N1CCN(S(=O)(=O)c2ccccc2)CC1. The second-order valence-electron chi connectivity index (χ2n) is 7.97. The second-order valence-corrected chi connectivity index (χ2v) is 9.91. The van der Waals surface area contributed by atoms with Crippen molar-refractivity contribution >= 4 is 15.9 Å². The van der Waals surface area contributed by atoms with Crippen molar-refractivity contribution < 1.29 is 13.2 Å². The lowest BCUT2D eigenvalue weighted by Crippen LogP contribution is -2.55. The fraction of sp³-hybridized carbons (Fsp3) is 0.667. The number of rotatable bonds is 5. The van der Waals surface area contributed by atoms with Crippen LogP contribution in [0.25, 0.3) is 0 Å². The lowest BCUT2D eigenvalue weighted by molar-refractivity contribution is -0.134. The second kappa shape index (κ2) is 9.85. The first kappa shape index (κ1) is 21.3. The van der Waals surface area contributed by atoms with Crippen molar-refractivity contribution in [1.82, 2.24) is 14.5 Å². The number of hydrogen-bond acceptors (Lipinski definition) is 4. The Morgan fingerprint density at radius 3 is 2.14 bits per heavy atom. The first-order chi connectivity index (χ1) is 13.5. The number of nitrogens with one attached hydrogen (secondary N) is 1. The molecule has 1 aliphatic heterocycles. The Balaban J connectivity index is 1.51. The summed E-state index contributed by atoms with van der Waals surface area (Å²) < 4.78 is 26.9. The number of hydrogen-bond donors (Lipinski definition) is 1. The average Bonchev–Trinajstić information content (AvgIpc) is 2.70. The highest BCUT2D eigenvalue weighted by Gasteiger charge is 2.31. The van der Waals surface area contributed by atoms with Crippen LogP contribution in [-0.2, 0) is 14.8 Å². The van der Waals surface area contributed by atoms with Gasteiger partial charge in [-0.2, -0.15) is 4.31 Å². The van der Waals surface area contributed by atoms with E-state index in [0.717, 1.165) is 12.8 Å². The van der Waals surface area contributed by atoms with Gasteiger partial charge in [0.15, 0.2) is 0 Å². The van der Waals surface area contributed by atoms with Crippen LogP contribution < -0.4 is 5.32 Å². The zero-order chi connectivity index (χ0) is 20.0. The highest BCUT2D eigenvalue weighted by Crippen LogP contribution is 2.19. The van der Waals surface area contributed by atoms with Crippen molar-refractivity contribution in [1.29, 1.82) is 0 Å². The molecule has 1 heterocycles. The van der Waals surface area contributed by atoms with Crippen molar-refractivity contribution in [2.45, 2.75) is 68.8 Å². The molecule has 1 saturated carbocycles. The number of carbonyl (C=O) groups excluding carboxylic acids is 1. The van der Waals surface area contributed by atoms with E-state index in [1.54, 1.807) is 35.2 Å². The van der Waals surface area contributed by atoms with Gasteiger partial charge in [-0.1, -0.05) is 50.3 Å². The summed E-state index contributed by atoms with van der Waals surface area (Å²) in [4.78, 5) is 15.0. The fourth-order valence-corrected chi connectivity index (χ4v) is 5.66. The molecule has 7 heteroatoms. The maximum absolute atomic E-state index is 12.8. The summed E-state index contributed by atoms with van der Waals surface area (Å²) in [7, 11) is -3.48. The molecule has 1 N–H and O–H groups in total. The Morgan fingerprint density at radius 2 is 1.54 bits per heavy atom. The number of nitrogens with zero attached hydrogens (tertiary/aromatic N) is 2.